The van der Waals surface area contributed by atoms with E-state index in [9.17, 15) is 0 Å². The number of hydrogen-bond donors (Lipinski definition) is 1. The van der Waals surface area contributed by atoms with Crippen LogP contribution in [0.25, 0.3) is 17.0 Å². The molecule has 130 valence electrons. The van der Waals surface area contributed by atoms with E-state index in [0.29, 0.717) is 17.0 Å². The maximum absolute atomic E-state index is 4.47. The fourth-order valence-electron chi connectivity index (χ4n) is 2.66. The highest BCUT2D eigenvalue weighted by Gasteiger charge is 2.13. The number of anilines is 1. The molecule has 8 nitrogen and oxygen atoms in total. The Hall–Kier alpha value is -3.55. The summed E-state index contributed by atoms with van der Waals surface area (Å²) in [6.45, 7) is 4.04. The van der Waals surface area contributed by atoms with Crippen LogP contribution in [0.4, 0.5) is 5.82 Å². The van der Waals surface area contributed by atoms with Gasteiger partial charge in [0.05, 0.1) is 6.21 Å². The topological polar surface area (TPSA) is 85.8 Å². The Morgan fingerprint density at radius 2 is 2.00 bits per heavy atom. The molecule has 3 heterocycles. The maximum atomic E-state index is 4.47. The smallest absolute Gasteiger partial charge is 0.177 e. The predicted octanol–water partition coefficient (Wildman–Crippen LogP) is 2.61. The minimum absolute atomic E-state index is 0.547. The van der Waals surface area contributed by atoms with E-state index < -0.39 is 0 Å². The van der Waals surface area contributed by atoms with E-state index in [1.807, 2.05) is 54.4 Å². The van der Waals surface area contributed by atoms with E-state index in [-0.39, 0.29) is 0 Å². The number of aromatic nitrogens is 6. The zero-order chi connectivity index (χ0) is 18.1. The Balaban J connectivity index is 1.64. The number of rotatable bonds is 4. The van der Waals surface area contributed by atoms with Gasteiger partial charge in [-0.15, -0.1) is 0 Å². The molecule has 1 aromatic carbocycles. The maximum Gasteiger partial charge on any atom is 0.177 e. The van der Waals surface area contributed by atoms with E-state index in [2.05, 4.69) is 36.6 Å². The second kappa shape index (κ2) is 6.40. The largest absolute Gasteiger partial charge is 0.271 e. The van der Waals surface area contributed by atoms with Crippen LogP contribution in [0.5, 0.6) is 0 Å². The van der Waals surface area contributed by atoms with Crippen LogP contribution < -0.4 is 5.43 Å². The molecular weight excluding hydrogens is 328 g/mol. The van der Waals surface area contributed by atoms with Crippen molar-refractivity contribution in [3.63, 3.8) is 0 Å². The molecule has 0 aliphatic rings. The van der Waals surface area contributed by atoms with Crippen molar-refractivity contribution in [1.29, 1.82) is 0 Å². The molecule has 0 spiro atoms. The summed E-state index contributed by atoms with van der Waals surface area (Å²) in [5.41, 5.74) is 7.51. The molecule has 3 aromatic heterocycles. The fourth-order valence-corrected chi connectivity index (χ4v) is 2.66. The van der Waals surface area contributed by atoms with Gasteiger partial charge in [0.15, 0.2) is 22.8 Å². The lowest BCUT2D eigenvalue weighted by Crippen LogP contribution is -1.99. The second-order valence-electron chi connectivity index (χ2n) is 6.06. The number of benzene rings is 1. The van der Waals surface area contributed by atoms with Crippen molar-refractivity contribution in [2.75, 3.05) is 5.43 Å². The van der Waals surface area contributed by atoms with E-state index in [4.69, 9.17) is 0 Å². The molecule has 0 radical (unpaired) electrons. The van der Waals surface area contributed by atoms with Crippen LogP contribution in [-0.4, -0.2) is 35.5 Å². The fraction of sp³-hybridized carbons (Fsp3) is 0.167. The van der Waals surface area contributed by atoms with Crippen LogP contribution in [0, 0.1) is 13.8 Å². The van der Waals surface area contributed by atoms with Crippen LogP contribution in [0.2, 0.25) is 0 Å². The first-order valence-electron chi connectivity index (χ1n) is 8.16. The van der Waals surface area contributed by atoms with Crippen LogP contribution >= 0.6 is 0 Å². The highest BCUT2D eigenvalue weighted by Crippen LogP contribution is 2.20. The Bertz CT molecular complexity index is 1090. The van der Waals surface area contributed by atoms with Gasteiger partial charge in [-0.1, -0.05) is 29.8 Å². The molecule has 0 fully saturated rings. The number of hydrazone groups is 1. The summed E-state index contributed by atoms with van der Waals surface area (Å²) >= 11 is 0. The van der Waals surface area contributed by atoms with E-state index in [0.717, 1.165) is 17.1 Å². The molecule has 26 heavy (non-hydrogen) atoms. The summed E-state index contributed by atoms with van der Waals surface area (Å²) < 4.78 is 3.65. The summed E-state index contributed by atoms with van der Waals surface area (Å²) in [6.07, 6.45) is 4.93. The number of imidazole rings is 1. The molecule has 4 aromatic rings. The lowest BCUT2D eigenvalue weighted by molar-refractivity contribution is 0.729. The first-order valence-corrected chi connectivity index (χ1v) is 8.16. The van der Waals surface area contributed by atoms with Crippen LogP contribution in [0.1, 0.15) is 16.8 Å². The van der Waals surface area contributed by atoms with Crippen molar-refractivity contribution < 1.29 is 0 Å². The predicted molar refractivity (Wildman–Crippen MR) is 101 cm³/mol. The van der Waals surface area contributed by atoms with Crippen molar-refractivity contribution in [2.24, 2.45) is 12.1 Å². The van der Waals surface area contributed by atoms with Gasteiger partial charge in [-0.2, -0.15) is 10.2 Å². The monoisotopic (exact) mass is 346 g/mol. The van der Waals surface area contributed by atoms with Crippen molar-refractivity contribution >= 4 is 23.2 Å². The first kappa shape index (κ1) is 15.9. The van der Waals surface area contributed by atoms with Gasteiger partial charge < -0.3 is 0 Å². The summed E-state index contributed by atoms with van der Waals surface area (Å²) in [7, 11) is 1.90. The summed E-state index contributed by atoms with van der Waals surface area (Å²) in [5.74, 6) is 1.31. The van der Waals surface area contributed by atoms with Gasteiger partial charge in [0, 0.05) is 18.8 Å². The number of nitrogens with zero attached hydrogens (tertiary/aromatic N) is 7. The Morgan fingerprint density at radius 3 is 2.77 bits per heavy atom. The highest BCUT2D eigenvalue weighted by atomic mass is 15.3. The lowest BCUT2D eigenvalue weighted by Gasteiger charge is -2.01. The number of aryl methyl sites for hydroxylation is 3. The SMILES string of the molecule is Cc1cccc(C=NNc2ncnc3c2ncn3-c2cc(C)n(C)n2)c1. The molecule has 0 atom stereocenters. The van der Waals surface area contributed by atoms with E-state index in [1.54, 1.807) is 12.5 Å². The molecule has 0 aliphatic heterocycles. The van der Waals surface area contributed by atoms with Gasteiger partial charge in [-0.3, -0.25) is 14.7 Å². The molecular formula is C18H18N8. The van der Waals surface area contributed by atoms with Crippen molar-refractivity contribution in [3.05, 3.63) is 59.8 Å². The third-order valence-corrected chi connectivity index (χ3v) is 4.11. The molecule has 1 N–H and O–H groups in total. The van der Waals surface area contributed by atoms with Gasteiger partial charge in [-0.25, -0.2) is 15.0 Å². The minimum atomic E-state index is 0.547. The quantitative estimate of drug-likeness (QED) is 0.453. The van der Waals surface area contributed by atoms with Gasteiger partial charge in [0.25, 0.3) is 0 Å². The molecule has 0 amide bonds. The second-order valence-corrected chi connectivity index (χ2v) is 6.06. The Kier molecular flexibility index (Phi) is 3.92. The molecule has 0 saturated carbocycles. The molecule has 0 unspecified atom stereocenters. The molecule has 4 rings (SSSR count). The normalized spacial score (nSPS) is 11.5. The molecule has 0 aliphatic carbocycles. The van der Waals surface area contributed by atoms with Gasteiger partial charge in [0.1, 0.15) is 12.7 Å². The van der Waals surface area contributed by atoms with Crippen LogP contribution in [-0.2, 0) is 7.05 Å². The zero-order valence-electron chi connectivity index (χ0n) is 14.7. The highest BCUT2D eigenvalue weighted by molar-refractivity contribution is 5.85. The summed E-state index contributed by atoms with van der Waals surface area (Å²) in [6, 6.07) is 10.1. The van der Waals surface area contributed by atoms with Gasteiger partial charge in [0.2, 0.25) is 0 Å². The average molecular weight is 346 g/mol. The van der Waals surface area contributed by atoms with Crippen molar-refractivity contribution in [2.45, 2.75) is 13.8 Å². The van der Waals surface area contributed by atoms with E-state index in [1.165, 1.54) is 11.9 Å². The third kappa shape index (κ3) is 2.92. The summed E-state index contributed by atoms with van der Waals surface area (Å²) in [5, 5.41) is 8.74. The minimum Gasteiger partial charge on any atom is -0.271 e. The first-order chi connectivity index (χ1) is 12.6. The Morgan fingerprint density at radius 1 is 1.12 bits per heavy atom. The van der Waals surface area contributed by atoms with Crippen molar-refractivity contribution in [1.82, 2.24) is 29.3 Å². The number of hydrogen-bond acceptors (Lipinski definition) is 6. The standard InChI is InChI=1S/C18H18N8/c1-12-5-4-6-14(7-12)9-22-23-17-16-18(20-10-19-17)26(11-21-16)15-8-13(2)25(3)24-15/h4-11H,1-3H3,(H,19,20,23). The zero-order valence-corrected chi connectivity index (χ0v) is 14.7. The average Bonchev–Trinajstić information content (AvgIpc) is 3.19. The van der Waals surface area contributed by atoms with Gasteiger partial charge >= 0.3 is 0 Å². The lowest BCUT2D eigenvalue weighted by atomic mass is 10.2. The van der Waals surface area contributed by atoms with Crippen LogP contribution in [0.3, 0.4) is 0 Å². The Labute approximate surface area is 150 Å². The van der Waals surface area contributed by atoms with Gasteiger partial charge in [-0.05, 0) is 19.4 Å². The van der Waals surface area contributed by atoms with Crippen molar-refractivity contribution in [3.8, 4) is 5.82 Å². The van der Waals surface area contributed by atoms with Crippen LogP contribution in [0.15, 0.2) is 48.1 Å². The molecule has 0 saturated heterocycles. The molecule has 8 heteroatoms. The number of fused-ring (bicyclic) bond motifs is 1. The third-order valence-electron chi connectivity index (χ3n) is 4.11. The number of nitrogens with one attached hydrogen (secondary N) is 1. The van der Waals surface area contributed by atoms with E-state index >= 15 is 0 Å². The summed E-state index contributed by atoms with van der Waals surface area (Å²) in [4.78, 5) is 13.0. The molecule has 0 bridgehead atoms.